The predicted molar refractivity (Wildman–Crippen MR) is 116 cm³/mol. The zero-order valence-corrected chi connectivity index (χ0v) is 17.5. The molecule has 0 bridgehead atoms. The van der Waals surface area contributed by atoms with E-state index in [1.807, 2.05) is 12.1 Å². The molecule has 2 aliphatic rings. The Bertz CT molecular complexity index is 984. The number of hydrogen-bond acceptors (Lipinski definition) is 1. The third kappa shape index (κ3) is 4.43. The lowest BCUT2D eigenvalue weighted by molar-refractivity contribution is 0.132. The van der Waals surface area contributed by atoms with Crippen LogP contribution in [0.2, 0.25) is 0 Å². The van der Waals surface area contributed by atoms with E-state index in [9.17, 15) is 8.78 Å². The molecule has 4 atom stereocenters. The molecule has 0 N–H and O–H groups in total. The summed E-state index contributed by atoms with van der Waals surface area (Å²) < 4.78 is 33.6. The molecule has 0 heterocycles. The molecule has 2 aliphatic carbocycles. The van der Waals surface area contributed by atoms with Crippen molar-refractivity contribution in [3.8, 4) is 17.6 Å². The monoisotopic (exact) mass is 406 g/mol. The van der Waals surface area contributed by atoms with Gasteiger partial charge in [0.2, 0.25) is 0 Å². The predicted octanol–water partition coefficient (Wildman–Crippen LogP) is 6.86. The Morgan fingerprint density at radius 3 is 2.23 bits per heavy atom. The molecule has 0 saturated heterocycles. The molecule has 156 valence electrons. The first-order valence-corrected chi connectivity index (χ1v) is 10.8. The molecule has 4 unspecified atom stereocenters. The summed E-state index contributed by atoms with van der Waals surface area (Å²) in [4.78, 5) is 0. The van der Waals surface area contributed by atoms with Gasteiger partial charge in [-0.25, -0.2) is 8.78 Å². The fourth-order valence-corrected chi connectivity index (χ4v) is 5.25. The molecular weight excluding hydrogens is 378 g/mol. The number of fused-ring (bicyclic) bond motifs is 1. The van der Waals surface area contributed by atoms with Gasteiger partial charge in [0.25, 0.3) is 0 Å². The van der Waals surface area contributed by atoms with Crippen LogP contribution in [0.3, 0.4) is 0 Å². The normalized spacial score (nSPS) is 25.6. The second-order valence-corrected chi connectivity index (χ2v) is 8.67. The van der Waals surface area contributed by atoms with Gasteiger partial charge >= 0.3 is 0 Å². The second-order valence-electron chi connectivity index (χ2n) is 8.67. The number of halogens is 2. The molecule has 0 aliphatic heterocycles. The lowest BCUT2D eigenvalue weighted by Gasteiger charge is -2.41. The second kappa shape index (κ2) is 9.04. The lowest BCUT2D eigenvalue weighted by atomic mass is 9.64. The molecule has 2 aromatic rings. The molecule has 4 rings (SSSR count). The molecule has 30 heavy (non-hydrogen) atoms. The summed E-state index contributed by atoms with van der Waals surface area (Å²) in [5.74, 6) is 7.85. The standard InChI is InChI=1S/C27H28F2O/c1-3-18-6-9-22-17-23(11-10-21(22)14-18)24-12-7-19(15-25(24)28)4-5-20-8-13-27(30-2)26(29)16-20/h3,7-8,12-13,15-16,18,21-23H,1,6,9-11,14,17H2,2H3. The fraction of sp³-hybridized carbons (Fsp3) is 0.407. The van der Waals surface area contributed by atoms with Gasteiger partial charge < -0.3 is 4.74 Å². The highest BCUT2D eigenvalue weighted by Crippen LogP contribution is 2.48. The van der Waals surface area contributed by atoms with E-state index < -0.39 is 5.82 Å². The van der Waals surface area contributed by atoms with Crippen LogP contribution >= 0.6 is 0 Å². The highest BCUT2D eigenvalue weighted by molar-refractivity contribution is 5.46. The molecule has 0 radical (unpaired) electrons. The largest absolute Gasteiger partial charge is 0.494 e. The van der Waals surface area contributed by atoms with Gasteiger partial charge in [0.1, 0.15) is 5.82 Å². The van der Waals surface area contributed by atoms with Crippen LogP contribution in [0.5, 0.6) is 5.75 Å². The summed E-state index contributed by atoms with van der Waals surface area (Å²) >= 11 is 0. The van der Waals surface area contributed by atoms with Crippen LogP contribution in [-0.2, 0) is 0 Å². The minimum absolute atomic E-state index is 0.175. The van der Waals surface area contributed by atoms with E-state index in [4.69, 9.17) is 4.74 Å². The summed E-state index contributed by atoms with van der Waals surface area (Å²) in [7, 11) is 1.42. The van der Waals surface area contributed by atoms with Gasteiger partial charge in [-0.05, 0) is 98.1 Å². The maximum atomic E-state index is 14.9. The Balaban J connectivity index is 1.45. The Labute approximate surface area is 178 Å². The van der Waals surface area contributed by atoms with Crippen molar-refractivity contribution >= 4 is 0 Å². The van der Waals surface area contributed by atoms with Crippen LogP contribution < -0.4 is 4.74 Å². The van der Waals surface area contributed by atoms with E-state index >= 15 is 0 Å². The van der Waals surface area contributed by atoms with Crippen molar-refractivity contribution in [2.75, 3.05) is 7.11 Å². The van der Waals surface area contributed by atoms with Gasteiger partial charge in [-0.1, -0.05) is 24.0 Å². The smallest absolute Gasteiger partial charge is 0.166 e. The number of ether oxygens (including phenoxy) is 1. The van der Waals surface area contributed by atoms with Crippen molar-refractivity contribution in [1.82, 2.24) is 0 Å². The molecule has 0 amide bonds. The van der Waals surface area contributed by atoms with E-state index in [-0.39, 0.29) is 11.6 Å². The Morgan fingerprint density at radius 2 is 1.57 bits per heavy atom. The maximum absolute atomic E-state index is 14.9. The third-order valence-electron chi connectivity index (χ3n) is 6.93. The number of methoxy groups -OCH3 is 1. The molecule has 2 saturated carbocycles. The maximum Gasteiger partial charge on any atom is 0.166 e. The van der Waals surface area contributed by atoms with Crippen molar-refractivity contribution in [2.24, 2.45) is 17.8 Å². The summed E-state index contributed by atoms with van der Waals surface area (Å²) in [6.07, 6.45) is 9.15. The lowest BCUT2D eigenvalue weighted by Crippen LogP contribution is -2.30. The van der Waals surface area contributed by atoms with E-state index in [0.717, 1.165) is 24.3 Å². The van der Waals surface area contributed by atoms with Crippen LogP contribution in [0.1, 0.15) is 61.1 Å². The average molecular weight is 407 g/mol. The quantitative estimate of drug-likeness (QED) is 0.400. The SMILES string of the molecule is C=CC1CCC2CC(c3ccc(C#Cc4ccc(OC)c(F)c4)cc3F)CCC2C1. The zero-order valence-electron chi connectivity index (χ0n) is 17.5. The van der Waals surface area contributed by atoms with E-state index in [1.54, 1.807) is 12.1 Å². The van der Waals surface area contributed by atoms with Crippen molar-refractivity contribution < 1.29 is 13.5 Å². The van der Waals surface area contributed by atoms with Crippen molar-refractivity contribution in [3.63, 3.8) is 0 Å². The molecule has 2 fully saturated rings. The van der Waals surface area contributed by atoms with Crippen LogP contribution in [0, 0.1) is 41.2 Å². The summed E-state index contributed by atoms with van der Waals surface area (Å²) in [6.45, 7) is 3.97. The molecule has 2 aromatic carbocycles. The van der Waals surface area contributed by atoms with Gasteiger partial charge in [-0.15, -0.1) is 6.58 Å². The van der Waals surface area contributed by atoms with Crippen LogP contribution in [-0.4, -0.2) is 7.11 Å². The highest BCUT2D eigenvalue weighted by Gasteiger charge is 2.35. The average Bonchev–Trinajstić information content (AvgIpc) is 2.77. The summed E-state index contributed by atoms with van der Waals surface area (Å²) in [6, 6.07) is 9.86. The molecule has 3 heteroatoms. The minimum atomic E-state index is -0.455. The van der Waals surface area contributed by atoms with Gasteiger partial charge in [-0.2, -0.15) is 0 Å². The van der Waals surface area contributed by atoms with Crippen molar-refractivity contribution in [1.29, 1.82) is 0 Å². The Morgan fingerprint density at radius 1 is 0.900 bits per heavy atom. The van der Waals surface area contributed by atoms with Crippen LogP contribution in [0.15, 0.2) is 49.1 Å². The molecular formula is C27H28F2O. The number of hydrogen-bond donors (Lipinski definition) is 0. The first-order valence-electron chi connectivity index (χ1n) is 10.8. The number of rotatable bonds is 3. The number of allylic oxidation sites excluding steroid dienone is 1. The fourth-order valence-electron chi connectivity index (χ4n) is 5.25. The summed E-state index contributed by atoms with van der Waals surface area (Å²) in [5.41, 5.74) is 1.96. The molecule has 1 nitrogen and oxygen atoms in total. The van der Waals surface area contributed by atoms with Gasteiger partial charge in [0.05, 0.1) is 7.11 Å². The van der Waals surface area contributed by atoms with E-state index in [1.165, 1.54) is 44.9 Å². The molecule has 0 aromatic heterocycles. The first-order chi connectivity index (χ1) is 14.6. The van der Waals surface area contributed by atoms with Crippen molar-refractivity contribution in [3.05, 3.63) is 77.4 Å². The van der Waals surface area contributed by atoms with Crippen LogP contribution in [0.25, 0.3) is 0 Å². The van der Waals surface area contributed by atoms with Gasteiger partial charge in [0.15, 0.2) is 11.6 Å². The minimum Gasteiger partial charge on any atom is -0.494 e. The van der Waals surface area contributed by atoms with Gasteiger partial charge in [-0.3, -0.25) is 0 Å². The van der Waals surface area contributed by atoms with Crippen LogP contribution in [0.4, 0.5) is 8.78 Å². The number of benzene rings is 2. The third-order valence-corrected chi connectivity index (χ3v) is 6.93. The van der Waals surface area contributed by atoms with E-state index in [0.29, 0.717) is 28.9 Å². The summed E-state index contributed by atoms with van der Waals surface area (Å²) in [5, 5.41) is 0. The molecule has 0 spiro atoms. The van der Waals surface area contributed by atoms with Gasteiger partial charge in [0, 0.05) is 11.1 Å². The highest BCUT2D eigenvalue weighted by atomic mass is 19.1. The van der Waals surface area contributed by atoms with E-state index in [2.05, 4.69) is 24.5 Å². The first kappa shape index (κ1) is 20.7. The Hall–Kier alpha value is -2.60. The zero-order chi connectivity index (χ0) is 21.1. The Kier molecular flexibility index (Phi) is 6.23. The topological polar surface area (TPSA) is 9.23 Å². The van der Waals surface area contributed by atoms with Crippen molar-refractivity contribution in [2.45, 2.75) is 44.4 Å².